The van der Waals surface area contributed by atoms with Gasteiger partial charge in [-0.2, -0.15) is 5.01 Å². The monoisotopic (exact) mass is 484 g/mol. The molecule has 1 aliphatic heterocycles. The van der Waals surface area contributed by atoms with Crippen molar-refractivity contribution in [3.05, 3.63) is 56.2 Å². The zero-order valence-electron chi connectivity index (χ0n) is 16.4. The van der Waals surface area contributed by atoms with Crippen LogP contribution >= 0.6 is 47.2 Å². The summed E-state index contributed by atoms with van der Waals surface area (Å²) in [5.74, 6) is -0.579. The Morgan fingerprint density at radius 2 is 1.80 bits per heavy atom. The number of thiocarbonyl (C=S) groups is 1. The van der Waals surface area contributed by atoms with E-state index in [1.54, 1.807) is 29.8 Å². The number of amides is 1. The van der Waals surface area contributed by atoms with Crippen LogP contribution in [0.15, 0.2) is 29.2 Å². The van der Waals surface area contributed by atoms with E-state index in [0.29, 0.717) is 14.8 Å². The van der Waals surface area contributed by atoms with Gasteiger partial charge in [0.2, 0.25) is 0 Å². The molecular weight excluding hydrogens is 467 g/mol. The highest BCUT2D eigenvalue weighted by Gasteiger charge is 2.34. The zero-order chi connectivity index (χ0) is 22.0. The molecule has 0 unspecified atom stereocenters. The first-order valence-corrected chi connectivity index (χ1v) is 10.9. The van der Waals surface area contributed by atoms with Crippen LogP contribution in [0, 0.1) is 13.8 Å². The van der Waals surface area contributed by atoms with Gasteiger partial charge in [-0.1, -0.05) is 35.0 Å². The summed E-state index contributed by atoms with van der Waals surface area (Å²) in [7, 11) is 0. The fourth-order valence-electron chi connectivity index (χ4n) is 2.89. The van der Waals surface area contributed by atoms with E-state index in [0.717, 1.165) is 11.4 Å². The Labute approximate surface area is 193 Å². The van der Waals surface area contributed by atoms with Gasteiger partial charge < -0.3 is 9.47 Å². The molecule has 0 spiro atoms. The van der Waals surface area contributed by atoms with E-state index in [-0.39, 0.29) is 34.9 Å². The molecule has 2 heterocycles. The van der Waals surface area contributed by atoms with Gasteiger partial charge >= 0.3 is 5.97 Å². The van der Waals surface area contributed by atoms with Crippen LogP contribution in [0.3, 0.4) is 0 Å². The highest BCUT2D eigenvalue weighted by molar-refractivity contribution is 8.27. The van der Waals surface area contributed by atoms with Gasteiger partial charge in [0.25, 0.3) is 5.91 Å². The Morgan fingerprint density at radius 3 is 2.37 bits per heavy atom. The molecule has 3 rings (SSSR count). The fraction of sp³-hybridized carbons (Fsp3) is 0.250. The number of hydrogen-bond donors (Lipinski definition) is 0. The molecule has 0 bridgehead atoms. The second kappa shape index (κ2) is 9.43. The van der Waals surface area contributed by atoms with Crippen molar-refractivity contribution in [1.82, 2.24) is 4.68 Å². The van der Waals surface area contributed by atoms with Crippen molar-refractivity contribution in [1.29, 1.82) is 0 Å². The number of carbonyl (C=O) groups excluding carboxylic acids is 2. The Bertz CT molecular complexity index is 1020. The highest BCUT2D eigenvalue weighted by Crippen LogP contribution is 2.37. The molecular formula is C20H18Cl2N2O4S2. The maximum Gasteiger partial charge on any atom is 0.344 e. The standard InChI is InChI=1S/C20H18Cl2N2O4S2/c1-4-27-17(25)10-28-18-14(21)7-13(8-15(18)22)9-16-19(26)24(20(29)30-16)23-11(2)5-6-12(23)3/h5-9H,4,10H2,1-3H3/b16-9-. The lowest BCUT2D eigenvalue weighted by molar-refractivity contribution is -0.145. The Balaban J connectivity index is 1.84. The van der Waals surface area contributed by atoms with E-state index in [4.69, 9.17) is 44.9 Å². The molecule has 6 nitrogen and oxygen atoms in total. The molecule has 30 heavy (non-hydrogen) atoms. The van der Waals surface area contributed by atoms with Gasteiger partial charge in [-0.05, 0) is 68.9 Å². The van der Waals surface area contributed by atoms with E-state index >= 15 is 0 Å². The van der Waals surface area contributed by atoms with Crippen LogP contribution in [0.4, 0.5) is 0 Å². The van der Waals surface area contributed by atoms with Crippen molar-refractivity contribution < 1.29 is 19.1 Å². The number of hydrogen-bond acceptors (Lipinski definition) is 6. The molecule has 1 aliphatic rings. The zero-order valence-corrected chi connectivity index (χ0v) is 19.5. The predicted molar refractivity (Wildman–Crippen MR) is 124 cm³/mol. The second-order valence-electron chi connectivity index (χ2n) is 6.33. The first-order valence-electron chi connectivity index (χ1n) is 8.93. The van der Waals surface area contributed by atoms with Gasteiger partial charge in [-0.25, -0.2) is 4.79 Å². The van der Waals surface area contributed by atoms with Gasteiger partial charge in [0.1, 0.15) is 0 Å². The SMILES string of the molecule is CCOC(=O)COc1c(Cl)cc(/C=C2\SC(=S)N(n3c(C)ccc3C)C2=O)cc1Cl. The summed E-state index contributed by atoms with van der Waals surface area (Å²) in [5.41, 5.74) is 2.41. The van der Waals surface area contributed by atoms with Crippen LogP contribution in [-0.4, -0.2) is 34.1 Å². The van der Waals surface area contributed by atoms with Crippen molar-refractivity contribution in [2.45, 2.75) is 20.8 Å². The summed E-state index contributed by atoms with van der Waals surface area (Å²) in [4.78, 5) is 24.9. The second-order valence-corrected chi connectivity index (χ2v) is 8.82. The van der Waals surface area contributed by atoms with Gasteiger partial charge in [0, 0.05) is 11.4 Å². The number of esters is 1. The van der Waals surface area contributed by atoms with Crippen LogP contribution in [0.1, 0.15) is 23.9 Å². The number of carbonyl (C=O) groups is 2. The Kier molecular flexibility index (Phi) is 7.13. The quantitative estimate of drug-likeness (QED) is 0.330. The number of nitrogens with zero attached hydrogens (tertiary/aromatic N) is 2. The van der Waals surface area contributed by atoms with Crippen LogP contribution in [0.5, 0.6) is 5.75 Å². The Hall–Kier alpha value is -2.00. The number of ether oxygens (including phenoxy) is 2. The number of thioether (sulfide) groups is 1. The lowest BCUT2D eigenvalue weighted by Crippen LogP contribution is -2.39. The predicted octanol–water partition coefficient (Wildman–Crippen LogP) is 4.89. The molecule has 1 saturated heterocycles. The lowest BCUT2D eigenvalue weighted by atomic mass is 10.2. The summed E-state index contributed by atoms with van der Waals surface area (Å²) >= 11 is 19.2. The van der Waals surface area contributed by atoms with Gasteiger partial charge in [0.15, 0.2) is 16.7 Å². The minimum Gasteiger partial charge on any atom is -0.479 e. The van der Waals surface area contributed by atoms with Gasteiger partial charge in [-0.3, -0.25) is 9.47 Å². The molecule has 2 aromatic rings. The maximum atomic E-state index is 13.0. The molecule has 0 radical (unpaired) electrons. The average molecular weight is 485 g/mol. The third kappa shape index (κ3) is 4.67. The van der Waals surface area contributed by atoms with Crippen molar-refractivity contribution in [2.24, 2.45) is 0 Å². The van der Waals surface area contributed by atoms with E-state index in [9.17, 15) is 9.59 Å². The molecule has 0 saturated carbocycles. The van der Waals surface area contributed by atoms with E-state index in [2.05, 4.69) is 0 Å². The van der Waals surface area contributed by atoms with Crippen LogP contribution < -0.4 is 9.75 Å². The van der Waals surface area contributed by atoms with E-state index in [1.165, 1.54) is 16.8 Å². The number of benzene rings is 1. The van der Waals surface area contributed by atoms with Crippen molar-refractivity contribution in [3.63, 3.8) is 0 Å². The van der Waals surface area contributed by atoms with Crippen LogP contribution in [-0.2, 0) is 14.3 Å². The first-order chi connectivity index (χ1) is 14.2. The van der Waals surface area contributed by atoms with Gasteiger partial charge in [-0.15, -0.1) is 0 Å². The smallest absolute Gasteiger partial charge is 0.344 e. The fourth-order valence-corrected chi connectivity index (χ4v) is 4.75. The third-order valence-corrected chi connectivity index (χ3v) is 6.01. The highest BCUT2D eigenvalue weighted by atomic mass is 35.5. The van der Waals surface area contributed by atoms with Gasteiger partial charge in [0.05, 0.1) is 21.6 Å². The molecule has 1 aromatic carbocycles. The minimum atomic E-state index is -0.520. The molecule has 10 heteroatoms. The average Bonchev–Trinajstić information content (AvgIpc) is 3.12. The Morgan fingerprint density at radius 1 is 1.20 bits per heavy atom. The molecule has 0 N–H and O–H groups in total. The normalized spacial score (nSPS) is 15.2. The van der Waals surface area contributed by atoms with Crippen LogP contribution in [0.2, 0.25) is 10.0 Å². The molecule has 158 valence electrons. The van der Waals surface area contributed by atoms with E-state index in [1.807, 2.05) is 26.0 Å². The van der Waals surface area contributed by atoms with Crippen LogP contribution in [0.25, 0.3) is 6.08 Å². The molecule has 0 atom stereocenters. The molecule has 1 aromatic heterocycles. The number of rotatable bonds is 6. The number of aromatic nitrogens is 1. The molecule has 1 amide bonds. The summed E-state index contributed by atoms with van der Waals surface area (Å²) in [6, 6.07) is 7.05. The summed E-state index contributed by atoms with van der Waals surface area (Å²) in [6.07, 6.45) is 1.67. The van der Waals surface area contributed by atoms with E-state index < -0.39 is 5.97 Å². The van der Waals surface area contributed by atoms with Crippen molar-refractivity contribution in [2.75, 3.05) is 18.2 Å². The summed E-state index contributed by atoms with van der Waals surface area (Å²) < 4.78 is 12.4. The first kappa shape index (κ1) is 22.7. The third-order valence-electron chi connectivity index (χ3n) is 4.17. The minimum absolute atomic E-state index is 0.176. The molecule has 1 fully saturated rings. The number of halogens is 2. The maximum absolute atomic E-state index is 13.0. The molecule has 0 aliphatic carbocycles. The van der Waals surface area contributed by atoms with Crippen molar-refractivity contribution >= 4 is 69.5 Å². The lowest BCUT2D eigenvalue weighted by Gasteiger charge is -2.20. The topological polar surface area (TPSA) is 60.8 Å². The van der Waals surface area contributed by atoms with Crippen molar-refractivity contribution in [3.8, 4) is 5.75 Å². The summed E-state index contributed by atoms with van der Waals surface area (Å²) in [6.45, 7) is 5.46. The number of aryl methyl sites for hydroxylation is 2. The summed E-state index contributed by atoms with van der Waals surface area (Å²) in [5, 5.41) is 1.90. The largest absolute Gasteiger partial charge is 0.479 e.